The quantitative estimate of drug-likeness (QED) is 0.747. The van der Waals surface area contributed by atoms with E-state index >= 15 is 0 Å². The Bertz CT molecular complexity index is 305. The molecule has 0 aliphatic rings. The Balaban J connectivity index is 2.49. The van der Waals surface area contributed by atoms with E-state index in [1.54, 1.807) is 14.2 Å². The van der Waals surface area contributed by atoms with Crippen molar-refractivity contribution >= 4 is 15.9 Å². The highest BCUT2D eigenvalue weighted by Crippen LogP contribution is 2.18. The Morgan fingerprint density at radius 3 is 2.73 bits per heavy atom. The molecule has 1 heterocycles. The summed E-state index contributed by atoms with van der Waals surface area (Å²) in [6.07, 6.45) is 3.10. The minimum atomic E-state index is 0.658. The summed E-state index contributed by atoms with van der Waals surface area (Å²) < 4.78 is 11.1. The summed E-state index contributed by atoms with van der Waals surface area (Å²) in [4.78, 5) is 4.36. The van der Waals surface area contributed by atoms with Gasteiger partial charge in [0.2, 0.25) is 5.88 Å². The fraction of sp³-hybridized carbons (Fsp3) is 0.545. The van der Waals surface area contributed by atoms with Crippen molar-refractivity contribution in [2.24, 2.45) is 0 Å². The summed E-state index contributed by atoms with van der Waals surface area (Å²) >= 11 is 3.43. The third kappa shape index (κ3) is 4.62. The van der Waals surface area contributed by atoms with Crippen LogP contribution in [0.3, 0.4) is 0 Å². The van der Waals surface area contributed by atoms with Gasteiger partial charge in [-0.3, -0.25) is 0 Å². The van der Waals surface area contributed by atoms with Crippen molar-refractivity contribution in [3.05, 3.63) is 22.3 Å². The van der Waals surface area contributed by atoms with Crippen molar-refractivity contribution in [2.75, 3.05) is 20.8 Å². The summed E-state index contributed by atoms with van der Waals surface area (Å²) in [5.41, 5.74) is 1.05. The fourth-order valence-corrected chi connectivity index (χ4v) is 1.77. The monoisotopic (exact) mass is 273 g/mol. The normalized spacial score (nSPS) is 10.3. The highest BCUT2D eigenvalue weighted by molar-refractivity contribution is 9.10. The molecule has 1 aromatic heterocycles. The number of aromatic nitrogens is 1. The number of hydrogen-bond donors (Lipinski definition) is 0. The van der Waals surface area contributed by atoms with Crippen LogP contribution in [-0.4, -0.2) is 25.8 Å². The Morgan fingerprint density at radius 1 is 1.27 bits per heavy atom. The lowest BCUT2D eigenvalue weighted by atomic mass is 10.2. The largest absolute Gasteiger partial charge is 0.481 e. The minimum Gasteiger partial charge on any atom is -0.481 e. The van der Waals surface area contributed by atoms with Gasteiger partial charge < -0.3 is 9.47 Å². The first-order chi connectivity index (χ1) is 7.26. The Morgan fingerprint density at radius 2 is 2.07 bits per heavy atom. The van der Waals surface area contributed by atoms with Gasteiger partial charge in [0.1, 0.15) is 0 Å². The average molecular weight is 274 g/mol. The zero-order valence-electron chi connectivity index (χ0n) is 9.12. The molecule has 0 fully saturated rings. The summed E-state index contributed by atoms with van der Waals surface area (Å²) in [7, 11) is 3.35. The van der Waals surface area contributed by atoms with E-state index in [0.29, 0.717) is 5.88 Å². The summed E-state index contributed by atoms with van der Waals surface area (Å²) in [6, 6.07) is 3.88. The molecule has 4 heteroatoms. The maximum atomic E-state index is 5.10. The van der Waals surface area contributed by atoms with Crippen LogP contribution in [0.5, 0.6) is 5.88 Å². The molecule has 84 valence electrons. The third-order valence-electron chi connectivity index (χ3n) is 2.06. The molecule has 0 spiro atoms. The molecule has 0 aliphatic heterocycles. The van der Waals surface area contributed by atoms with Crippen LogP contribution in [0.4, 0.5) is 0 Å². The SMILES string of the molecule is COCCCCc1cc(Br)cc(OC)n1. The highest BCUT2D eigenvalue weighted by atomic mass is 79.9. The standard InChI is InChI=1S/C11H16BrNO2/c1-14-6-4-3-5-10-7-9(12)8-11(13-10)15-2/h7-8H,3-6H2,1-2H3. The zero-order valence-corrected chi connectivity index (χ0v) is 10.7. The van der Waals surface area contributed by atoms with Crippen LogP contribution < -0.4 is 4.74 Å². The number of aryl methyl sites for hydroxylation is 1. The van der Waals surface area contributed by atoms with E-state index in [9.17, 15) is 0 Å². The van der Waals surface area contributed by atoms with Gasteiger partial charge in [0.05, 0.1) is 7.11 Å². The smallest absolute Gasteiger partial charge is 0.214 e. The first-order valence-corrected chi connectivity index (χ1v) is 5.75. The van der Waals surface area contributed by atoms with Crippen LogP contribution in [0, 0.1) is 0 Å². The summed E-state index contributed by atoms with van der Waals surface area (Å²) in [5.74, 6) is 0.658. The number of pyridine rings is 1. The molecule has 0 amide bonds. The predicted octanol–water partition coefficient (Wildman–Crippen LogP) is 2.82. The number of methoxy groups -OCH3 is 2. The number of rotatable bonds is 6. The molecule has 0 bridgehead atoms. The van der Waals surface area contributed by atoms with Gasteiger partial charge in [-0.1, -0.05) is 15.9 Å². The first-order valence-electron chi connectivity index (χ1n) is 4.95. The van der Waals surface area contributed by atoms with Gasteiger partial charge in [0.25, 0.3) is 0 Å². The molecular weight excluding hydrogens is 258 g/mol. The lowest BCUT2D eigenvalue weighted by Gasteiger charge is -2.04. The average Bonchev–Trinajstić information content (AvgIpc) is 2.23. The van der Waals surface area contributed by atoms with Gasteiger partial charge in [0.15, 0.2) is 0 Å². The lowest BCUT2D eigenvalue weighted by Crippen LogP contribution is -1.96. The van der Waals surface area contributed by atoms with Crippen molar-refractivity contribution < 1.29 is 9.47 Å². The van der Waals surface area contributed by atoms with E-state index in [4.69, 9.17) is 9.47 Å². The molecule has 0 aliphatic carbocycles. The van der Waals surface area contributed by atoms with E-state index in [1.807, 2.05) is 12.1 Å². The highest BCUT2D eigenvalue weighted by Gasteiger charge is 2.01. The number of halogens is 1. The molecule has 0 N–H and O–H groups in total. The Hall–Kier alpha value is -0.610. The molecule has 0 radical (unpaired) electrons. The van der Waals surface area contributed by atoms with E-state index < -0.39 is 0 Å². The van der Waals surface area contributed by atoms with Crippen molar-refractivity contribution in [2.45, 2.75) is 19.3 Å². The number of ether oxygens (including phenoxy) is 2. The molecule has 0 saturated carbocycles. The Kier molecular flexibility index (Phi) is 5.65. The first kappa shape index (κ1) is 12.5. The van der Waals surface area contributed by atoms with Crippen LogP contribution >= 0.6 is 15.9 Å². The maximum Gasteiger partial charge on any atom is 0.214 e. The van der Waals surface area contributed by atoms with Crippen LogP contribution in [0.2, 0.25) is 0 Å². The van der Waals surface area contributed by atoms with Crippen LogP contribution in [0.25, 0.3) is 0 Å². The number of nitrogens with zero attached hydrogens (tertiary/aromatic N) is 1. The number of unbranched alkanes of at least 4 members (excludes halogenated alkanes) is 1. The van der Waals surface area contributed by atoms with Crippen molar-refractivity contribution in [1.82, 2.24) is 4.98 Å². The third-order valence-corrected chi connectivity index (χ3v) is 2.52. The minimum absolute atomic E-state index is 0.658. The van der Waals surface area contributed by atoms with E-state index in [-0.39, 0.29) is 0 Å². The molecular formula is C11H16BrNO2. The molecule has 0 aromatic carbocycles. The van der Waals surface area contributed by atoms with Gasteiger partial charge in [-0.15, -0.1) is 0 Å². The molecule has 15 heavy (non-hydrogen) atoms. The second-order valence-electron chi connectivity index (χ2n) is 3.27. The van der Waals surface area contributed by atoms with Gasteiger partial charge in [-0.05, 0) is 25.3 Å². The van der Waals surface area contributed by atoms with Crippen LogP contribution in [0.1, 0.15) is 18.5 Å². The molecule has 3 nitrogen and oxygen atoms in total. The molecule has 0 unspecified atom stereocenters. The van der Waals surface area contributed by atoms with Gasteiger partial charge in [0, 0.05) is 29.9 Å². The van der Waals surface area contributed by atoms with Crippen LogP contribution in [0.15, 0.2) is 16.6 Å². The number of hydrogen-bond acceptors (Lipinski definition) is 3. The van der Waals surface area contributed by atoms with E-state index in [1.165, 1.54) is 0 Å². The van der Waals surface area contributed by atoms with Gasteiger partial charge in [-0.2, -0.15) is 0 Å². The summed E-state index contributed by atoms with van der Waals surface area (Å²) in [6.45, 7) is 0.811. The molecule has 1 aromatic rings. The molecule has 0 atom stereocenters. The van der Waals surface area contributed by atoms with Crippen molar-refractivity contribution in [1.29, 1.82) is 0 Å². The predicted molar refractivity (Wildman–Crippen MR) is 63.3 cm³/mol. The van der Waals surface area contributed by atoms with Gasteiger partial charge >= 0.3 is 0 Å². The molecule has 0 saturated heterocycles. The Labute approximate surface area is 98.9 Å². The van der Waals surface area contributed by atoms with E-state index in [0.717, 1.165) is 36.0 Å². The maximum absolute atomic E-state index is 5.10. The second kappa shape index (κ2) is 6.80. The van der Waals surface area contributed by atoms with Crippen molar-refractivity contribution in [3.63, 3.8) is 0 Å². The van der Waals surface area contributed by atoms with Crippen LogP contribution in [-0.2, 0) is 11.2 Å². The lowest BCUT2D eigenvalue weighted by molar-refractivity contribution is 0.193. The van der Waals surface area contributed by atoms with Gasteiger partial charge in [-0.25, -0.2) is 4.98 Å². The van der Waals surface area contributed by atoms with Crippen molar-refractivity contribution in [3.8, 4) is 5.88 Å². The topological polar surface area (TPSA) is 31.4 Å². The zero-order chi connectivity index (χ0) is 11.1. The summed E-state index contributed by atoms with van der Waals surface area (Å²) in [5, 5.41) is 0. The molecule has 1 rings (SSSR count). The second-order valence-corrected chi connectivity index (χ2v) is 4.18. The van der Waals surface area contributed by atoms with E-state index in [2.05, 4.69) is 20.9 Å². The fourth-order valence-electron chi connectivity index (χ4n) is 1.31.